The van der Waals surface area contributed by atoms with E-state index in [9.17, 15) is 9.59 Å². The zero-order valence-electron chi connectivity index (χ0n) is 9.07. The first kappa shape index (κ1) is 11.9. The predicted molar refractivity (Wildman–Crippen MR) is 52.1 cm³/mol. The molecule has 2 atom stereocenters. The van der Waals surface area contributed by atoms with Crippen LogP contribution in [0.1, 0.15) is 20.8 Å². The molecule has 1 rings (SSSR count). The molecule has 0 aliphatic carbocycles. The fourth-order valence-corrected chi connectivity index (χ4v) is 0.918. The van der Waals surface area contributed by atoms with Crippen LogP contribution in [-0.4, -0.2) is 36.4 Å². The fourth-order valence-electron chi connectivity index (χ4n) is 0.918. The zero-order chi connectivity index (χ0) is 11.6. The van der Waals surface area contributed by atoms with Crippen LogP contribution in [0.2, 0.25) is 0 Å². The van der Waals surface area contributed by atoms with Gasteiger partial charge in [-0.05, 0) is 20.8 Å². The van der Waals surface area contributed by atoms with Crippen LogP contribution in [-0.2, 0) is 14.3 Å². The minimum absolute atomic E-state index is 0.333. The monoisotopic (exact) mass is 216 g/mol. The number of ether oxygens (including phenoxy) is 2. The normalized spacial score (nSPS) is 21.7. The molecular weight excluding hydrogens is 200 g/mol. The first-order chi connectivity index (χ1) is 6.79. The van der Waals surface area contributed by atoms with Crippen molar-refractivity contribution in [1.82, 2.24) is 5.32 Å². The largest absolute Gasteiger partial charge is 0.444 e. The van der Waals surface area contributed by atoms with Crippen molar-refractivity contribution < 1.29 is 19.1 Å². The number of carbonyl (C=O) groups is 2. The van der Waals surface area contributed by atoms with Gasteiger partial charge in [0.15, 0.2) is 0 Å². The fraction of sp³-hybridized carbons (Fsp3) is 0.778. The molecule has 0 bridgehead atoms. The van der Waals surface area contributed by atoms with Crippen LogP contribution in [0.25, 0.3) is 0 Å². The summed E-state index contributed by atoms with van der Waals surface area (Å²) in [4.78, 5) is 22.5. The summed E-state index contributed by atoms with van der Waals surface area (Å²) in [6, 6.07) is 0. The van der Waals surface area contributed by atoms with Crippen LogP contribution in [0.15, 0.2) is 0 Å². The second kappa shape index (κ2) is 4.16. The third-order valence-electron chi connectivity index (χ3n) is 1.63. The summed E-state index contributed by atoms with van der Waals surface area (Å²) in [7, 11) is 0. The molecule has 1 amide bonds. The first-order valence-electron chi connectivity index (χ1n) is 4.70. The van der Waals surface area contributed by atoms with Crippen molar-refractivity contribution in [3.63, 3.8) is 0 Å². The number of hydrogen-bond donors (Lipinski definition) is 2. The summed E-state index contributed by atoms with van der Waals surface area (Å²) in [5.74, 6) is -0.333. The zero-order valence-corrected chi connectivity index (χ0v) is 9.07. The summed E-state index contributed by atoms with van der Waals surface area (Å²) in [6.45, 7) is 5.56. The summed E-state index contributed by atoms with van der Waals surface area (Å²) in [5.41, 5.74) is 4.83. The molecule has 1 heterocycles. The van der Waals surface area contributed by atoms with Gasteiger partial charge in [-0.15, -0.1) is 0 Å². The number of epoxide rings is 1. The second-order valence-corrected chi connectivity index (χ2v) is 4.35. The Labute approximate surface area is 88.1 Å². The molecule has 0 aromatic heterocycles. The van der Waals surface area contributed by atoms with E-state index >= 15 is 0 Å². The van der Waals surface area contributed by atoms with E-state index < -0.39 is 24.0 Å². The van der Waals surface area contributed by atoms with Gasteiger partial charge in [0, 0.05) is 0 Å². The average molecular weight is 216 g/mol. The molecule has 0 spiro atoms. The molecule has 0 saturated carbocycles. The molecule has 0 aromatic carbocycles. The van der Waals surface area contributed by atoms with E-state index in [1.54, 1.807) is 20.8 Å². The number of carbonyl (C=O) groups excluding carboxylic acids is 2. The molecule has 1 aliphatic rings. The summed E-state index contributed by atoms with van der Waals surface area (Å²) < 4.78 is 9.69. The number of rotatable bonds is 3. The van der Waals surface area contributed by atoms with Crippen molar-refractivity contribution in [3.05, 3.63) is 0 Å². The molecule has 1 unspecified atom stereocenters. The van der Waals surface area contributed by atoms with Crippen molar-refractivity contribution in [2.24, 2.45) is 5.73 Å². The lowest BCUT2D eigenvalue weighted by Crippen LogP contribution is -2.50. The van der Waals surface area contributed by atoms with Crippen molar-refractivity contribution in [2.75, 3.05) is 6.61 Å². The van der Waals surface area contributed by atoms with Crippen LogP contribution in [0, 0.1) is 0 Å². The number of hydrogen-bond acceptors (Lipinski definition) is 5. The van der Waals surface area contributed by atoms with Crippen molar-refractivity contribution in [2.45, 2.75) is 38.6 Å². The van der Waals surface area contributed by atoms with Gasteiger partial charge in [0.2, 0.25) is 5.78 Å². The Morgan fingerprint density at radius 1 is 1.53 bits per heavy atom. The molecule has 0 aromatic rings. The number of alkyl carbamates (subject to hydrolysis) is 1. The van der Waals surface area contributed by atoms with Gasteiger partial charge < -0.3 is 15.2 Å². The van der Waals surface area contributed by atoms with Gasteiger partial charge in [0.05, 0.1) is 6.61 Å². The highest BCUT2D eigenvalue weighted by Gasteiger charge is 2.35. The van der Waals surface area contributed by atoms with Crippen LogP contribution in [0.3, 0.4) is 0 Å². The Bertz CT molecular complexity index is 268. The highest BCUT2D eigenvalue weighted by molar-refractivity contribution is 5.91. The molecule has 0 radical (unpaired) electrons. The summed E-state index contributed by atoms with van der Waals surface area (Å²) >= 11 is 0. The van der Waals surface area contributed by atoms with Crippen LogP contribution in [0.4, 0.5) is 4.79 Å². The Kier molecular flexibility index (Phi) is 3.31. The lowest BCUT2D eigenvalue weighted by atomic mass is 10.2. The van der Waals surface area contributed by atoms with E-state index in [1.165, 1.54) is 0 Å². The highest BCUT2D eigenvalue weighted by Crippen LogP contribution is 2.11. The van der Waals surface area contributed by atoms with Crippen LogP contribution < -0.4 is 11.1 Å². The van der Waals surface area contributed by atoms with Gasteiger partial charge in [-0.2, -0.15) is 0 Å². The molecule has 3 N–H and O–H groups in total. The lowest BCUT2D eigenvalue weighted by Gasteiger charge is -2.21. The molecular formula is C9H16N2O4. The quantitative estimate of drug-likeness (QED) is 0.501. The summed E-state index contributed by atoms with van der Waals surface area (Å²) in [5, 5.41) is 2.24. The van der Waals surface area contributed by atoms with E-state index in [2.05, 4.69) is 5.32 Å². The first-order valence-corrected chi connectivity index (χ1v) is 4.70. The number of nitrogens with two attached hydrogens (primary N) is 1. The topological polar surface area (TPSA) is 93.9 Å². The third kappa shape index (κ3) is 4.26. The minimum Gasteiger partial charge on any atom is -0.444 e. The van der Waals surface area contributed by atoms with Gasteiger partial charge in [-0.1, -0.05) is 0 Å². The van der Waals surface area contributed by atoms with Crippen molar-refractivity contribution in [1.29, 1.82) is 0 Å². The number of ketones is 1. The lowest BCUT2D eigenvalue weighted by molar-refractivity contribution is -0.122. The Morgan fingerprint density at radius 3 is 2.47 bits per heavy atom. The third-order valence-corrected chi connectivity index (χ3v) is 1.63. The van der Waals surface area contributed by atoms with Gasteiger partial charge in [0.1, 0.15) is 17.9 Å². The van der Waals surface area contributed by atoms with Crippen LogP contribution in [0.5, 0.6) is 0 Å². The number of nitrogens with one attached hydrogen (secondary N) is 1. The summed E-state index contributed by atoms with van der Waals surface area (Å²) in [6.07, 6.45) is -2.23. The average Bonchev–Trinajstić information content (AvgIpc) is 2.80. The van der Waals surface area contributed by atoms with E-state index in [-0.39, 0.29) is 5.78 Å². The van der Waals surface area contributed by atoms with Gasteiger partial charge in [-0.25, -0.2) is 4.79 Å². The number of amides is 1. The molecule has 6 heteroatoms. The van der Waals surface area contributed by atoms with Crippen LogP contribution >= 0.6 is 0 Å². The standard InChI is InChI=1S/C9H16N2O4/c1-9(2,3)15-8(13)11-7(10)6(12)5-4-14-5/h5,7H,4,10H2,1-3H3,(H,11,13)/t5?,7-/m1/s1. The Balaban J connectivity index is 2.33. The second-order valence-electron chi connectivity index (χ2n) is 4.35. The number of Topliss-reactive ketones (excluding diaryl/α,β-unsaturated/α-hetero) is 1. The van der Waals surface area contributed by atoms with E-state index in [1.807, 2.05) is 0 Å². The van der Waals surface area contributed by atoms with Gasteiger partial charge in [0.25, 0.3) is 0 Å². The maximum Gasteiger partial charge on any atom is 0.409 e. The smallest absolute Gasteiger partial charge is 0.409 e. The Hall–Kier alpha value is -1.14. The minimum atomic E-state index is -1.06. The molecule has 1 saturated heterocycles. The molecule has 15 heavy (non-hydrogen) atoms. The van der Waals surface area contributed by atoms with E-state index in [0.717, 1.165) is 0 Å². The van der Waals surface area contributed by atoms with Gasteiger partial charge >= 0.3 is 6.09 Å². The predicted octanol–water partition coefficient (Wildman–Crippen LogP) is -0.236. The SMILES string of the molecule is CC(C)(C)OC(=O)N[C@@H](N)C(=O)C1CO1. The van der Waals surface area contributed by atoms with Crippen molar-refractivity contribution in [3.8, 4) is 0 Å². The molecule has 1 fully saturated rings. The Morgan fingerprint density at radius 2 is 2.07 bits per heavy atom. The molecule has 86 valence electrons. The van der Waals surface area contributed by atoms with Crippen molar-refractivity contribution >= 4 is 11.9 Å². The highest BCUT2D eigenvalue weighted by atomic mass is 16.6. The van der Waals surface area contributed by atoms with E-state index in [0.29, 0.717) is 6.61 Å². The van der Waals surface area contributed by atoms with Gasteiger partial charge in [-0.3, -0.25) is 10.1 Å². The molecule has 6 nitrogen and oxygen atoms in total. The maximum atomic E-state index is 11.3. The maximum absolute atomic E-state index is 11.3. The van der Waals surface area contributed by atoms with E-state index in [4.69, 9.17) is 15.2 Å². The molecule has 1 aliphatic heterocycles.